The van der Waals surface area contributed by atoms with Crippen molar-refractivity contribution in [3.05, 3.63) is 24.3 Å². The fourth-order valence-corrected chi connectivity index (χ4v) is 5.65. The van der Waals surface area contributed by atoms with Gasteiger partial charge >= 0.3 is 0 Å². The molecule has 1 aromatic heterocycles. The highest BCUT2D eigenvalue weighted by atomic mass is 16.2. The molecule has 5 rings (SSSR count). The normalized spacial score (nSPS) is 36.6. The van der Waals surface area contributed by atoms with Crippen LogP contribution in [0.25, 0.3) is 0 Å². The van der Waals surface area contributed by atoms with Crippen LogP contribution >= 0.6 is 0 Å². The smallest absolute Gasteiger partial charge is 0.274 e. The maximum Gasteiger partial charge on any atom is 0.274 e. The van der Waals surface area contributed by atoms with E-state index in [9.17, 15) is 14.9 Å². The summed E-state index contributed by atoms with van der Waals surface area (Å²) in [4.78, 5) is 37.8. The van der Waals surface area contributed by atoms with E-state index in [1.807, 2.05) is 4.90 Å². The summed E-state index contributed by atoms with van der Waals surface area (Å²) in [5, 5.41) is 9.37. The summed E-state index contributed by atoms with van der Waals surface area (Å²) in [6, 6.07) is 1.76. The molecule has 4 fully saturated rings. The fourth-order valence-electron chi connectivity index (χ4n) is 5.65. The van der Waals surface area contributed by atoms with Gasteiger partial charge in [-0.3, -0.25) is 14.6 Å². The minimum Gasteiger partial charge on any atom is -0.331 e. The average Bonchev–Trinajstić information content (AvgIpc) is 3.32. The zero-order chi connectivity index (χ0) is 19.4. The van der Waals surface area contributed by atoms with Gasteiger partial charge < -0.3 is 15.5 Å². The van der Waals surface area contributed by atoms with Gasteiger partial charge in [0.15, 0.2) is 0 Å². The lowest BCUT2D eigenvalue weighted by Crippen LogP contribution is -2.55. The van der Waals surface area contributed by atoms with Gasteiger partial charge in [0.05, 0.1) is 18.3 Å². The number of carbonyl (C=O) groups is 2. The highest BCUT2D eigenvalue weighted by molar-refractivity contribution is 5.92. The van der Waals surface area contributed by atoms with E-state index in [0.29, 0.717) is 11.6 Å². The number of aromatic nitrogens is 2. The molecule has 4 heterocycles. The number of nitrogens with zero attached hydrogens (tertiary/aromatic N) is 5. The summed E-state index contributed by atoms with van der Waals surface area (Å²) in [6.45, 7) is 0. The van der Waals surface area contributed by atoms with E-state index in [4.69, 9.17) is 5.73 Å². The van der Waals surface area contributed by atoms with Crippen molar-refractivity contribution in [3.63, 3.8) is 0 Å². The van der Waals surface area contributed by atoms with Gasteiger partial charge in [-0.1, -0.05) is 0 Å². The number of hydrogen-bond acceptors (Lipinski definition) is 6. The molecular formula is C20H24N6O2. The van der Waals surface area contributed by atoms with Gasteiger partial charge in [0.2, 0.25) is 5.91 Å². The van der Waals surface area contributed by atoms with Crippen molar-refractivity contribution in [2.45, 2.75) is 68.7 Å². The highest BCUT2D eigenvalue weighted by Crippen LogP contribution is 2.48. The predicted octanol–water partition coefficient (Wildman–Crippen LogP) is 0.700. The monoisotopic (exact) mass is 380 g/mol. The van der Waals surface area contributed by atoms with Crippen molar-refractivity contribution in [3.8, 4) is 6.07 Å². The van der Waals surface area contributed by atoms with Gasteiger partial charge in [-0.2, -0.15) is 5.26 Å². The summed E-state index contributed by atoms with van der Waals surface area (Å²) in [6.07, 6.45) is 9.71. The molecule has 0 radical (unpaired) electrons. The van der Waals surface area contributed by atoms with Crippen LogP contribution in [0, 0.1) is 23.2 Å². The number of nitriles is 1. The molecule has 0 aromatic carbocycles. The van der Waals surface area contributed by atoms with Crippen LogP contribution in [0.15, 0.2) is 18.6 Å². The summed E-state index contributed by atoms with van der Waals surface area (Å²) in [5.74, 6) is 0.384. The van der Waals surface area contributed by atoms with Crippen LogP contribution in [-0.4, -0.2) is 61.8 Å². The lowest BCUT2D eigenvalue weighted by molar-refractivity contribution is -0.135. The molecule has 146 valence electrons. The van der Waals surface area contributed by atoms with Crippen molar-refractivity contribution < 1.29 is 9.59 Å². The van der Waals surface area contributed by atoms with Crippen molar-refractivity contribution >= 4 is 11.8 Å². The number of nitrogens with two attached hydrogens (primary N) is 1. The fraction of sp³-hybridized carbons (Fsp3) is 0.650. The van der Waals surface area contributed by atoms with Crippen LogP contribution in [-0.2, 0) is 4.79 Å². The summed E-state index contributed by atoms with van der Waals surface area (Å²) in [5.41, 5.74) is 6.80. The predicted molar refractivity (Wildman–Crippen MR) is 98.5 cm³/mol. The number of amides is 2. The first-order valence-corrected chi connectivity index (χ1v) is 10.1. The number of hydrogen-bond donors (Lipinski definition) is 1. The Bertz CT molecular complexity index is 825. The zero-order valence-electron chi connectivity index (χ0n) is 15.6. The summed E-state index contributed by atoms with van der Waals surface area (Å²) < 4.78 is 0. The Labute approximate surface area is 163 Å². The van der Waals surface area contributed by atoms with Crippen molar-refractivity contribution in [2.75, 3.05) is 0 Å². The second kappa shape index (κ2) is 6.52. The van der Waals surface area contributed by atoms with Crippen LogP contribution in [0.5, 0.6) is 0 Å². The Morgan fingerprint density at radius 2 is 1.89 bits per heavy atom. The second-order valence-electron chi connectivity index (χ2n) is 8.63. The van der Waals surface area contributed by atoms with Gasteiger partial charge in [-0.25, -0.2) is 4.98 Å². The minimum absolute atomic E-state index is 0.0491. The highest BCUT2D eigenvalue weighted by Gasteiger charge is 2.56. The standard InChI is InChI=1S/C20H24N6O2/c21-9-15-5-11-8-17(11)26(15)20(28)18(22)12-6-13-1-2-14(7-12)25(13)19(27)16-10-23-3-4-24-16/h3-4,10-15,17-18H,1-2,5-8,22H2/t11?,12?,13-,14?,15?,17?,18+/m0/s1. The molecule has 28 heavy (non-hydrogen) atoms. The van der Waals surface area contributed by atoms with Gasteiger partial charge in [0.1, 0.15) is 11.7 Å². The molecule has 3 aliphatic heterocycles. The van der Waals surface area contributed by atoms with E-state index in [-0.39, 0.29) is 41.9 Å². The lowest BCUT2D eigenvalue weighted by Gasteiger charge is -2.41. The lowest BCUT2D eigenvalue weighted by atomic mass is 9.84. The Hall–Kier alpha value is -2.53. The quantitative estimate of drug-likeness (QED) is 0.825. The van der Waals surface area contributed by atoms with Gasteiger partial charge in [-0.05, 0) is 50.4 Å². The molecule has 3 saturated heterocycles. The molecule has 1 saturated carbocycles. The Morgan fingerprint density at radius 1 is 1.14 bits per heavy atom. The molecule has 7 atom stereocenters. The van der Waals surface area contributed by atoms with Crippen LogP contribution in [0.2, 0.25) is 0 Å². The molecule has 2 bridgehead atoms. The van der Waals surface area contributed by atoms with Gasteiger partial charge in [-0.15, -0.1) is 0 Å². The number of piperidine rings is 2. The second-order valence-corrected chi connectivity index (χ2v) is 8.63. The molecule has 1 aliphatic carbocycles. The zero-order valence-corrected chi connectivity index (χ0v) is 15.6. The first kappa shape index (κ1) is 17.6. The first-order valence-electron chi connectivity index (χ1n) is 10.1. The maximum absolute atomic E-state index is 13.1. The molecule has 0 spiro atoms. The molecule has 8 nitrogen and oxygen atoms in total. The van der Waals surface area contributed by atoms with Crippen LogP contribution < -0.4 is 5.73 Å². The number of likely N-dealkylation sites (tertiary alicyclic amines) is 1. The number of rotatable bonds is 3. The topological polar surface area (TPSA) is 116 Å². The molecule has 2 amide bonds. The van der Waals surface area contributed by atoms with E-state index < -0.39 is 6.04 Å². The van der Waals surface area contributed by atoms with E-state index in [0.717, 1.165) is 38.5 Å². The van der Waals surface area contributed by atoms with Gasteiger partial charge in [0.25, 0.3) is 5.91 Å². The maximum atomic E-state index is 13.1. The molecule has 8 heteroatoms. The van der Waals surface area contributed by atoms with E-state index in [1.54, 1.807) is 11.1 Å². The van der Waals surface area contributed by atoms with Crippen molar-refractivity contribution in [1.82, 2.24) is 19.8 Å². The first-order chi connectivity index (χ1) is 13.6. The minimum atomic E-state index is -0.591. The third kappa shape index (κ3) is 2.68. The van der Waals surface area contributed by atoms with Crippen LogP contribution in [0.3, 0.4) is 0 Å². The van der Waals surface area contributed by atoms with Crippen molar-refractivity contribution in [2.24, 2.45) is 17.6 Å². The third-order valence-electron chi connectivity index (χ3n) is 7.09. The number of carbonyl (C=O) groups excluding carboxylic acids is 2. The van der Waals surface area contributed by atoms with E-state index in [1.165, 1.54) is 12.4 Å². The molecule has 4 aliphatic rings. The molecule has 1 aromatic rings. The largest absolute Gasteiger partial charge is 0.331 e. The summed E-state index contributed by atoms with van der Waals surface area (Å²) in [7, 11) is 0. The molecule has 2 N–H and O–H groups in total. The number of fused-ring (bicyclic) bond motifs is 3. The molecular weight excluding hydrogens is 356 g/mol. The van der Waals surface area contributed by atoms with E-state index in [2.05, 4.69) is 16.0 Å². The third-order valence-corrected chi connectivity index (χ3v) is 7.09. The summed E-state index contributed by atoms with van der Waals surface area (Å²) >= 11 is 0. The Balaban J connectivity index is 1.29. The Kier molecular flexibility index (Phi) is 4.09. The van der Waals surface area contributed by atoms with E-state index >= 15 is 0 Å². The SMILES string of the molecule is N#CC1CC2CC2N1C(=O)[C@H](N)C1CC2CC[C@@H](C1)N2C(=O)c1cnccn1. The van der Waals surface area contributed by atoms with Gasteiger partial charge in [0, 0.05) is 30.5 Å². The van der Waals surface area contributed by atoms with Crippen LogP contribution in [0.4, 0.5) is 0 Å². The average molecular weight is 380 g/mol. The Morgan fingerprint density at radius 3 is 2.54 bits per heavy atom. The molecule has 5 unspecified atom stereocenters. The van der Waals surface area contributed by atoms with Crippen LogP contribution in [0.1, 0.15) is 49.0 Å². The van der Waals surface area contributed by atoms with Crippen molar-refractivity contribution in [1.29, 1.82) is 5.26 Å².